The lowest BCUT2D eigenvalue weighted by molar-refractivity contribution is 0.161. The van der Waals surface area contributed by atoms with E-state index in [1.165, 1.54) is 17.7 Å². The zero-order valence-corrected chi connectivity index (χ0v) is 11.7. The highest BCUT2D eigenvalue weighted by Gasteiger charge is 2.28. The van der Waals surface area contributed by atoms with Gasteiger partial charge in [0.25, 0.3) is 0 Å². The van der Waals surface area contributed by atoms with Crippen molar-refractivity contribution in [3.05, 3.63) is 64.5 Å². The maximum Gasteiger partial charge on any atom is 0.126 e. The van der Waals surface area contributed by atoms with Gasteiger partial charge in [-0.1, -0.05) is 23.8 Å². The van der Waals surface area contributed by atoms with Gasteiger partial charge in [0, 0.05) is 18.0 Å². The van der Waals surface area contributed by atoms with E-state index >= 15 is 0 Å². The van der Waals surface area contributed by atoms with E-state index in [0.717, 1.165) is 22.4 Å². The molecule has 2 N–H and O–H groups in total. The summed E-state index contributed by atoms with van der Waals surface area (Å²) in [7, 11) is 0. The number of halogens is 1. The van der Waals surface area contributed by atoms with Crippen molar-refractivity contribution in [2.75, 3.05) is 0 Å². The van der Waals surface area contributed by atoms with Crippen molar-refractivity contribution >= 4 is 0 Å². The van der Waals surface area contributed by atoms with Crippen molar-refractivity contribution in [3.63, 3.8) is 0 Å². The monoisotopic (exact) mass is 271 g/mol. The Hall–Kier alpha value is -1.87. The molecule has 20 heavy (non-hydrogen) atoms. The van der Waals surface area contributed by atoms with Crippen LogP contribution in [0, 0.1) is 19.7 Å². The third-order valence-electron chi connectivity index (χ3n) is 3.88. The second kappa shape index (κ2) is 4.91. The molecule has 0 saturated heterocycles. The molecule has 0 radical (unpaired) electrons. The van der Waals surface area contributed by atoms with Crippen molar-refractivity contribution in [2.45, 2.75) is 32.4 Å². The van der Waals surface area contributed by atoms with E-state index in [2.05, 4.69) is 6.07 Å². The Morgan fingerprint density at radius 3 is 2.65 bits per heavy atom. The highest BCUT2D eigenvalue weighted by atomic mass is 19.1. The maximum atomic E-state index is 13.2. The van der Waals surface area contributed by atoms with Gasteiger partial charge in [0.2, 0.25) is 0 Å². The van der Waals surface area contributed by atoms with E-state index < -0.39 is 0 Å². The molecule has 0 bridgehead atoms. The van der Waals surface area contributed by atoms with Crippen LogP contribution >= 0.6 is 0 Å². The molecule has 2 atom stereocenters. The Morgan fingerprint density at radius 1 is 1.10 bits per heavy atom. The van der Waals surface area contributed by atoms with Gasteiger partial charge in [-0.25, -0.2) is 4.39 Å². The first-order valence-corrected chi connectivity index (χ1v) is 6.83. The van der Waals surface area contributed by atoms with Crippen molar-refractivity contribution < 1.29 is 9.13 Å². The lowest BCUT2D eigenvalue weighted by Crippen LogP contribution is -2.24. The number of fused-ring (bicyclic) bond motifs is 1. The number of aryl methyl sites for hydroxylation is 2. The summed E-state index contributed by atoms with van der Waals surface area (Å²) < 4.78 is 19.3. The molecule has 3 heteroatoms. The van der Waals surface area contributed by atoms with Gasteiger partial charge < -0.3 is 10.5 Å². The van der Waals surface area contributed by atoms with Gasteiger partial charge in [0.05, 0.1) is 0 Å². The summed E-state index contributed by atoms with van der Waals surface area (Å²) in [5.41, 5.74) is 10.4. The van der Waals surface area contributed by atoms with Crippen LogP contribution in [0.1, 0.15) is 40.8 Å². The fraction of sp³-hybridized carbons (Fsp3) is 0.294. The van der Waals surface area contributed by atoms with E-state index in [1.54, 1.807) is 6.07 Å². The summed E-state index contributed by atoms with van der Waals surface area (Å²) in [4.78, 5) is 0. The molecule has 2 nitrogen and oxygen atoms in total. The topological polar surface area (TPSA) is 35.2 Å². The Morgan fingerprint density at radius 2 is 1.90 bits per heavy atom. The van der Waals surface area contributed by atoms with Gasteiger partial charge in [0.15, 0.2) is 0 Å². The molecule has 1 unspecified atom stereocenters. The molecule has 0 aromatic heterocycles. The molecule has 0 amide bonds. The summed E-state index contributed by atoms with van der Waals surface area (Å²) >= 11 is 0. The minimum absolute atomic E-state index is 0.0481. The van der Waals surface area contributed by atoms with Crippen LogP contribution in [0.25, 0.3) is 0 Å². The Kier molecular flexibility index (Phi) is 3.22. The van der Waals surface area contributed by atoms with Crippen LogP contribution in [0.5, 0.6) is 5.75 Å². The molecule has 2 aromatic carbocycles. The Balaban J connectivity index is 1.97. The minimum Gasteiger partial charge on any atom is -0.485 e. The number of ether oxygens (including phenoxy) is 1. The van der Waals surface area contributed by atoms with Crippen LogP contribution in [0.3, 0.4) is 0 Å². The molecule has 3 rings (SSSR count). The van der Waals surface area contributed by atoms with Crippen LogP contribution < -0.4 is 10.5 Å². The molecule has 104 valence electrons. The molecule has 0 aliphatic carbocycles. The van der Waals surface area contributed by atoms with Crippen LogP contribution in [0.2, 0.25) is 0 Å². The summed E-state index contributed by atoms with van der Waals surface area (Å²) in [5.74, 6) is 0.616. The lowest BCUT2D eigenvalue weighted by atomic mass is 9.91. The predicted molar refractivity (Wildman–Crippen MR) is 77.2 cm³/mol. The van der Waals surface area contributed by atoms with Gasteiger partial charge in [-0.15, -0.1) is 0 Å². The standard InChI is InChI=1S/C17H18FNO/c1-10-3-6-16-14(7-10)15(19)9-17(20-16)13-5-4-12(18)8-11(13)2/h3-8,15,17H,9,19H2,1-2H3/t15-,17?/m0/s1. The van der Waals surface area contributed by atoms with Crippen LogP contribution in [-0.2, 0) is 0 Å². The highest BCUT2D eigenvalue weighted by molar-refractivity contribution is 5.42. The van der Waals surface area contributed by atoms with E-state index in [1.807, 2.05) is 26.0 Å². The fourth-order valence-corrected chi connectivity index (χ4v) is 2.81. The highest BCUT2D eigenvalue weighted by Crippen LogP contribution is 2.40. The first-order valence-electron chi connectivity index (χ1n) is 6.83. The predicted octanol–water partition coefficient (Wildman–Crippen LogP) is 3.97. The summed E-state index contributed by atoms with van der Waals surface area (Å²) in [5, 5.41) is 0. The lowest BCUT2D eigenvalue weighted by Gasteiger charge is -2.31. The minimum atomic E-state index is -0.220. The quantitative estimate of drug-likeness (QED) is 0.852. The normalized spacial score (nSPS) is 21.2. The molecular formula is C17H18FNO. The molecule has 0 saturated carbocycles. The summed E-state index contributed by atoms with van der Waals surface area (Å²) in [6.45, 7) is 3.95. The van der Waals surface area contributed by atoms with Gasteiger partial charge in [-0.05, 0) is 43.2 Å². The van der Waals surface area contributed by atoms with E-state index in [0.29, 0.717) is 6.42 Å². The third kappa shape index (κ3) is 2.29. The maximum absolute atomic E-state index is 13.2. The second-order valence-electron chi connectivity index (χ2n) is 5.49. The van der Waals surface area contributed by atoms with E-state index in [4.69, 9.17) is 10.5 Å². The van der Waals surface area contributed by atoms with Crippen LogP contribution in [0.15, 0.2) is 36.4 Å². The van der Waals surface area contributed by atoms with Gasteiger partial charge in [-0.2, -0.15) is 0 Å². The zero-order valence-electron chi connectivity index (χ0n) is 11.7. The largest absolute Gasteiger partial charge is 0.485 e. The third-order valence-corrected chi connectivity index (χ3v) is 3.88. The number of hydrogen-bond acceptors (Lipinski definition) is 2. The molecule has 1 aliphatic rings. The van der Waals surface area contributed by atoms with Gasteiger partial charge in [-0.3, -0.25) is 0 Å². The molecular weight excluding hydrogens is 253 g/mol. The zero-order chi connectivity index (χ0) is 14.3. The molecule has 1 heterocycles. The Labute approximate surface area is 118 Å². The molecule has 1 aliphatic heterocycles. The second-order valence-corrected chi connectivity index (χ2v) is 5.49. The molecule has 0 spiro atoms. The van der Waals surface area contributed by atoms with Gasteiger partial charge in [0.1, 0.15) is 17.7 Å². The average Bonchev–Trinajstić information content (AvgIpc) is 2.39. The smallest absolute Gasteiger partial charge is 0.126 e. The van der Waals surface area contributed by atoms with Crippen molar-refractivity contribution in [1.29, 1.82) is 0 Å². The average molecular weight is 271 g/mol. The molecule has 0 fully saturated rings. The number of hydrogen-bond donors (Lipinski definition) is 1. The SMILES string of the molecule is Cc1ccc2c(c1)[C@@H](N)CC(c1ccc(F)cc1C)O2. The van der Waals surface area contributed by atoms with Crippen molar-refractivity contribution in [1.82, 2.24) is 0 Å². The van der Waals surface area contributed by atoms with Crippen molar-refractivity contribution in [3.8, 4) is 5.75 Å². The van der Waals surface area contributed by atoms with E-state index in [-0.39, 0.29) is 18.0 Å². The Bertz CT molecular complexity index is 653. The van der Waals surface area contributed by atoms with Gasteiger partial charge >= 0.3 is 0 Å². The van der Waals surface area contributed by atoms with Crippen LogP contribution in [0.4, 0.5) is 4.39 Å². The van der Waals surface area contributed by atoms with Crippen molar-refractivity contribution in [2.24, 2.45) is 5.73 Å². The van der Waals surface area contributed by atoms with Crippen LogP contribution in [-0.4, -0.2) is 0 Å². The first-order chi connectivity index (χ1) is 9.54. The summed E-state index contributed by atoms with van der Waals surface area (Å²) in [6, 6.07) is 10.8. The number of benzene rings is 2. The van der Waals surface area contributed by atoms with E-state index in [9.17, 15) is 4.39 Å². The fourth-order valence-electron chi connectivity index (χ4n) is 2.81. The summed E-state index contributed by atoms with van der Waals surface area (Å²) in [6.07, 6.45) is 0.601. The number of rotatable bonds is 1. The number of nitrogens with two attached hydrogens (primary N) is 1. The molecule has 2 aromatic rings. The first kappa shape index (κ1) is 13.1.